The van der Waals surface area contributed by atoms with Crippen LogP contribution >= 0.6 is 0 Å². The Labute approximate surface area is 196 Å². The maximum absolute atomic E-state index is 12.6. The first kappa shape index (κ1) is 21.7. The molecule has 34 heavy (non-hydrogen) atoms. The van der Waals surface area contributed by atoms with Crippen LogP contribution < -0.4 is 9.47 Å². The summed E-state index contributed by atoms with van der Waals surface area (Å²) in [5.74, 6) is 2.24. The second-order valence-electron chi connectivity index (χ2n) is 8.17. The molecule has 0 bridgehead atoms. The lowest BCUT2D eigenvalue weighted by atomic mass is 10.1. The quantitative estimate of drug-likeness (QED) is 0.428. The number of H-pyrrole nitrogens is 1. The Bertz CT molecular complexity index is 1280. The molecule has 2 aromatic carbocycles. The largest absolute Gasteiger partial charge is 0.493 e. The van der Waals surface area contributed by atoms with Crippen LogP contribution in [-0.2, 0) is 11.2 Å². The van der Waals surface area contributed by atoms with Crippen molar-refractivity contribution >= 4 is 5.91 Å². The van der Waals surface area contributed by atoms with Gasteiger partial charge in [-0.1, -0.05) is 41.6 Å². The highest BCUT2D eigenvalue weighted by atomic mass is 16.5. The van der Waals surface area contributed by atoms with E-state index in [0.29, 0.717) is 54.8 Å². The van der Waals surface area contributed by atoms with Gasteiger partial charge >= 0.3 is 0 Å². The van der Waals surface area contributed by atoms with Crippen LogP contribution in [0.5, 0.6) is 11.5 Å². The summed E-state index contributed by atoms with van der Waals surface area (Å²) < 4.78 is 16.1. The van der Waals surface area contributed by atoms with Gasteiger partial charge < -0.3 is 18.9 Å². The number of hydrogen-bond donors (Lipinski definition) is 1. The number of aromatic nitrogens is 4. The van der Waals surface area contributed by atoms with Crippen molar-refractivity contribution in [1.29, 1.82) is 0 Å². The normalized spacial score (nSPS) is 15.6. The molecule has 0 radical (unpaired) electrons. The number of likely N-dealkylation sites (tertiary alicyclic amines) is 1. The average Bonchev–Trinajstić information content (AvgIpc) is 3.62. The lowest BCUT2D eigenvalue weighted by Crippen LogP contribution is -2.27. The molecule has 0 saturated carbocycles. The van der Waals surface area contributed by atoms with Crippen molar-refractivity contribution in [2.45, 2.75) is 18.8 Å². The number of aromatic amines is 1. The van der Waals surface area contributed by atoms with Crippen LogP contribution in [-0.4, -0.2) is 58.5 Å². The molecule has 3 heterocycles. The van der Waals surface area contributed by atoms with E-state index >= 15 is 0 Å². The van der Waals surface area contributed by atoms with Crippen LogP contribution in [0.4, 0.5) is 0 Å². The molecule has 1 fully saturated rings. The molecule has 1 amide bonds. The fourth-order valence-electron chi connectivity index (χ4n) is 4.16. The van der Waals surface area contributed by atoms with Gasteiger partial charge in [0.25, 0.3) is 5.89 Å². The topological polar surface area (TPSA) is 106 Å². The SMILES string of the molecule is COc1ccc(CCN2CC(c3noc(-c4cc(-c5ccccc5)n[nH]4)n3)CC2=O)cc1OC. The molecule has 9 nitrogen and oxygen atoms in total. The summed E-state index contributed by atoms with van der Waals surface area (Å²) in [7, 11) is 3.22. The molecule has 1 saturated heterocycles. The third-order valence-electron chi connectivity index (χ3n) is 6.02. The monoisotopic (exact) mass is 459 g/mol. The second kappa shape index (κ2) is 9.38. The number of nitrogens with one attached hydrogen (secondary N) is 1. The Morgan fingerprint density at radius 1 is 1.09 bits per heavy atom. The molecule has 0 spiro atoms. The molecular weight excluding hydrogens is 434 g/mol. The fraction of sp³-hybridized carbons (Fsp3) is 0.280. The summed E-state index contributed by atoms with van der Waals surface area (Å²) in [6, 6.07) is 17.5. The van der Waals surface area contributed by atoms with Crippen LogP contribution in [0.15, 0.2) is 59.1 Å². The first-order valence-electron chi connectivity index (χ1n) is 11.1. The van der Waals surface area contributed by atoms with Crippen molar-refractivity contribution in [1.82, 2.24) is 25.2 Å². The van der Waals surface area contributed by atoms with E-state index in [1.807, 2.05) is 59.5 Å². The molecule has 1 unspecified atom stereocenters. The van der Waals surface area contributed by atoms with E-state index in [0.717, 1.165) is 16.8 Å². The zero-order chi connectivity index (χ0) is 23.5. The van der Waals surface area contributed by atoms with Gasteiger partial charge in [-0.05, 0) is 30.2 Å². The van der Waals surface area contributed by atoms with Crippen molar-refractivity contribution in [2.75, 3.05) is 27.3 Å². The molecular formula is C25H25N5O4. The van der Waals surface area contributed by atoms with Gasteiger partial charge in [-0.25, -0.2) is 0 Å². The van der Waals surface area contributed by atoms with Crippen molar-refractivity contribution in [3.05, 3.63) is 66.0 Å². The molecule has 1 atom stereocenters. The lowest BCUT2D eigenvalue weighted by Gasteiger charge is -2.16. The van der Waals surface area contributed by atoms with Crippen molar-refractivity contribution < 1.29 is 18.8 Å². The molecule has 1 N–H and O–H groups in total. The van der Waals surface area contributed by atoms with Gasteiger partial charge in [0.05, 0.1) is 19.9 Å². The van der Waals surface area contributed by atoms with Gasteiger partial charge in [0.2, 0.25) is 5.91 Å². The number of benzene rings is 2. The minimum atomic E-state index is -0.105. The number of hydrogen-bond acceptors (Lipinski definition) is 7. The van der Waals surface area contributed by atoms with Crippen molar-refractivity contribution in [2.24, 2.45) is 0 Å². The van der Waals surface area contributed by atoms with E-state index in [-0.39, 0.29) is 11.8 Å². The number of nitrogens with zero attached hydrogens (tertiary/aromatic N) is 4. The number of carbonyl (C=O) groups is 1. The molecule has 9 heteroatoms. The minimum Gasteiger partial charge on any atom is -0.493 e. The summed E-state index contributed by atoms with van der Waals surface area (Å²) in [6.45, 7) is 1.17. The van der Waals surface area contributed by atoms with Gasteiger partial charge in [0.1, 0.15) is 5.69 Å². The van der Waals surface area contributed by atoms with Crippen LogP contribution in [0.3, 0.4) is 0 Å². The number of ether oxygens (including phenoxy) is 2. The third kappa shape index (κ3) is 4.36. The first-order chi connectivity index (χ1) is 16.6. The smallest absolute Gasteiger partial charge is 0.275 e. The van der Waals surface area contributed by atoms with E-state index in [2.05, 4.69) is 20.3 Å². The molecule has 0 aliphatic carbocycles. The number of methoxy groups -OCH3 is 2. The minimum absolute atomic E-state index is 0.0877. The zero-order valence-corrected chi connectivity index (χ0v) is 19.0. The maximum atomic E-state index is 12.6. The standard InChI is InChI=1S/C25H25N5O4/c1-32-21-9-8-16(12-22(21)33-2)10-11-30-15-18(13-23(30)31)24-26-25(34-29-24)20-14-19(27-28-20)17-6-4-3-5-7-17/h3-9,12,14,18H,10-11,13,15H2,1-2H3,(H,27,28). The fourth-order valence-corrected chi connectivity index (χ4v) is 4.16. The number of amides is 1. The summed E-state index contributed by atoms with van der Waals surface area (Å²) in [4.78, 5) is 19.0. The van der Waals surface area contributed by atoms with Crippen LogP contribution in [0, 0.1) is 0 Å². The summed E-state index contributed by atoms with van der Waals surface area (Å²) in [6.07, 6.45) is 1.08. The predicted octanol–water partition coefficient (Wildman–Crippen LogP) is 3.70. The van der Waals surface area contributed by atoms with Crippen LogP contribution in [0.25, 0.3) is 22.8 Å². The van der Waals surface area contributed by atoms with E-state index in [1.54, 1.807) is 14.2 Å². The average molecular weight is 460 g/mol. The van der Waals surface area contributed by atoms with Crippen LogP contribution in [0.2, 0.25) is 0 Å². The Kier molecular flexibility index (Phi) is 5.99. The van der Waals surface area contributed by atoms with Crippen molar-refractivity contribution in [3.8, 4) is 34.3 Å². The molecule has 1 aliphatic heterocycles. The Morgan fingerprint density at radius 2 is 1.91 bits per heavy atom. The highest BCUT2D eigenvalue weighted by molar-refractivity contribution is 5.79. The van der Waals surface area contributed by atoms with E-state index in [1.165, 1.54) is 0 Å². The Morgan fingerprint density at radius 3 is 2.71 bits per heavy atom. The third-order valence-corrected chi connectivity index (χ3v) is 6.02. The summed E-state index contributed by atoms with van der Waals surface area (Å²) in [5.41, 5.74) is 3.51. The maximum Gasteiger partial charge on any atom is 0.275 e. The molecule has 174 valence electrons. The summed E-state index contributed by atoms with van der Waals surface area (Å²) >= 11 is 0. The van der Waals surface area contributed by atoms with E-state index < -0.39 is 0 Å². The van der Waals surface area contributed by atoms with Gasteiger partial charge in [0, 0.05) is 31.0 Å². The van der Waals surface area contributed by atoms with Gasteiger partial charge in [-0.3, -0.25) is 9.89 Å². The highest BCUT2D eigenvalue weighted by Crippen LogP contribution is 2.30. The highest BCUT2D eigenvalue weighted by Gasteiger charge is 2.33. The van der Waals surface area contributed by atoms with Gasteiger partial charge in [-0.2, -0.15) is 10.1 Å². The second-order valence-corrected chi connectivity index (χ2v) is 8.17. The zero-order valence-electron chi connectivity index (χ0n) is 19.0. The molecule has 5 rings (SSSR count). The van der Waals surface area contributed by atoms with E-state index in [9.17, 15) is 4.79 Å². The molecule has 4 aromatic rings. The van der Waals surface area contributed by atoms with Gasteiger partial charge in [0.15, 0.2) is 17.3 Å². The Balaban J connectivity index is 1.23. The van der Waals surface area contributed by atoms with E-state index in [4.69, 9.17) is 14.0 Å². The number of rotatable bonds is 8. The first-order valence-corrected chi connectivity index (χ1v) is 11.1. The number of carbonyl (C=O) groups excluding carboxylic acids is 1. The Hall–Kier alpha value is -4.14. The lowest BCUT2D eigenvalue weighted by molar-refractivity contribution is -0.127. The van der Waals surface area contributed by atoms with Crippen LogP contribution in [0.1, 0.15) is 23.7 Å². The van der Waals surface area contributed by atoms with Gasteiger partial charge in [-0.15, -0.1) is 0 Å². The summed E-state index contributed by atoms with van der Waals surface area (Å²) in [5, 5.41) is 11.4. The predicted molar refractivity (Wildman–Crippen MR) is 125 cm³/mol. The molecule has 1 aliphatic rings. The molecule has 2 aromatic heterocycles. The van der Waals surface area contributed by atoms with Crippen molar-refractivity contribution in [3.63, 3.8) is 0 Å².